The molecule has 0 unspecified atom stereocenters. The van der Waals surface area contributed by atoms with Crippen LogP contribution in [-0.4, -0.2) is 46.7 Å². The van der Waals surface area contributed by atoms with Gasteiger partial charge < -0.3 is 18.9 Å². The van der Waals surface area contributed by atoms with Crippen molar-refractivity contribution in [1.29, 1.82) is 0 Å². The molecule has 0 saturated carbocycles. The highest BCUT2D eigenvalue weighted by molar-refractivity contribution is 5.99. The number of fused-ring (bicyclic) bond motifs is 1. The average Bonchev–Trinajstić information content (AvgIpc) is 3.35. The number of rotatable bonds is 6. The highest BCUT2D eigenvalue weighted by Gasteiger charge is 2.26. The minimum absolute atomic E-state index is 0.0150. The molecular weight excluding hydrogens is 354 g/mol. The van der Waals surface area contributed by atoms with Crippen molar-refractivity contribution >= 4 is 16.8 Å². The third kappa shape index (κ3) is 3.73. The second-order valence-electron chi connectivity index (χ2n) is 7.16. The first-order valence-corrected chi connectivity index (χ1v) is 9.60. The van der Waals surface area contributed by atoms with Gasteiger partial charge in [-0.2, -0.15) is 0 Å². The predicted octanol–water partition coefficient (Wildman–Crippen LogP) is 3.40. The molecule has 1 aliphatic heterocycles. The lowest BCUT2D eigenvalue weighted by Crippen LogP contribution is -2.38. The number of aryl methyl sites for hydroxylation is 1. The molecule has 6 heteroatoms. The third-order valence-electron chi connectivity index (χ3n) is 5.28. The zero-order valence-corrected chi connectivity index (χ0v) is 16.3. The molecule has 1 aromatic carbocycles. The summed E-state index contributed by atoms with van der Waals surface area (Å²) >= 11 is 0. The average molecular weight is 379 g/mol. The Labute approximate surface area is 164 Å². The van der Waals surface area contributed by atoms with E-state index < -0.39 is 0 Å². The topological polar surface area (TPSA) is 56.6 Å². The minimum atomic E-state index is -0.0150. The Morgan fingerprint density at radius 2 is 2.21 bits per heavy atom. The number of carbonyl (C=O) groups excluding carboxylic acids is 1. The van der Waals surface area contributed by atoms with Crippen LogP contribution in [0.2, 0.25) is 0 Å². The summed E-state index contributed by atoms with van der Waals surface area (Å²) in [7, 11) is 3.57. The summed E-state index contributed by atoms with van der Waals surface area (Å²) in [5.41, 5.74) is 2.52. The van der Waals surface area contributed by atoms with Crippen LogP contribution in [0.5, 0.6) is 5.75 Å². The quantitative estimate of drug-likeness (QED) is 0.659. The third-order valence-corrected chi connectivity index (χ3v) is 5.28. The van der Waals surface area contributed by atoms with Crippen molar-refractivity contribution in [3.8, 4) is 5.75 Å². The lowest BCUT2D eigenvalue weighted by molar-refractivity contribution is 0.0497. The lowest BCUT2D eigenvalue weighted by atomic mass is 10.2. The van der Waals surface area contributed by atoms with E-state index in [1.165, 1.54) is 0 Å². The number of aromatic nitrogens is 2. The number of benzene rings is 1. The van der Waals surface area contributed by atoms with Gasteiger partial charge in [-0.1, -0.05) is 6.07 Å². The van der Waals surface area contributed by atoms with Crippen LogP contribution in [0.3, 0.4) is 0 Å². The Morgan fingerprint density at radius 1 is 1.32 bits per heavy atom. The molecule has 6 nitrogen and oxygen atoms in total. The normalized spacial score (nSPS) is 16.4. The molecule has 1 aliphatic rings. The van der Waals surface area contributed by atoms with E-state index in [0.717, 1.165) is 41.8 Å². The number of hydrogen-bond donors (Lipinski definition) is 0. The number of pyridine rings is 1. The number of amides is 1. The fraction of sp³-hybridized carbons (Fsp3) is 0.364. The van der Waals surface area contributed by atoms with E-state index in [2.05, 4.69) is 4.98 Å². The molecule has 28 heavy (non-hydrogen) atoms. The first-order valence-electron chi connectivity index (χ1n) is 9.60. The molecule has 0 bridgehead atoms. The lowest BCUT2D eigenvalue weighted by Gasteiger charge is -2.25. The van der Waals surface area contributed by atoms with Crippen LogP contribution in [0, 0.1) is 0 Å². The largest absolute Gasteiger partial charge is 0.497 e. The summed E-state index contributed by atoms with van der Waals surface area (Å²) in [5.74, 6) is 0.764. The highest BCUT2D eigenvalue weighted by atomic mass is 16.5. The second-order valence-corrected chi connectivity index (χ2v) is 7.16. The summed E-state index contributed by atoms with van der Waals surface area (Å²) in [4.78, 5) is 19.7. The van der Waals surface area contributed by atoms with Crippen LogP contribution in [0.25, 0.3) is 10.9 Å². The molecule has 1 atom stereocenters. The maximum Gasteiger partial charge on any atom is 0.270 e. The van der Waals surface area contributed by atoms with Gasteiger partial charge in [-0.3, -0.25) is 9.78 Å². The zero-order chi connectivity index (χ0) is 19.5. The number of nitrogens with zero attached hydrogens (tertiary/aromatic N) is 3. The van der Waals surface area contributed by atoms with Crippen molar-refractivity contribution in [2.75, 3.05) is 20.3 Å². The molecule has 4 rings (SSSR count). The van der Waals surface area contributed by atoms with Gasteiger partial charge in [0, 0.05) is 37.3 Å². The van der Waals surface area contributed by atoms with Crippen LogP contribution in [-0.2, 0) is 18.3 Å². The van der Waals surface area contributed by atoms with Crippen molar-refractivity contribution < 1.29 is 14.3 Å². The van der Waals surface area contributed by atoms with Gasteiger partial charge in [0.05, 0.1) is 25.5 Å². The van der Waals surface area contributed by atoms with Crippen LogP contribution in [0.1, 0.15) is 29.0 Å². The van der Waals surface area contributed by atoms with Gasteiger partial charge in [0.15, 0.2) is 0 Å². The molecule has 0 radical (unpaired) electrons. The number of methoxy groups -OCH3 is 1. The molecule has 0 aliphatic carbocycles. The standard InChI is InChI=1S/C22H25N3O3/c1-24-20-9-8-18(27-2)12-16(20)13-21(24)22(26)25(15-19-7-5-11-28-19)14-17-6-3-4-10-23-17/h3-4,6,8-10,12-13,19H,5,7,11,14-15H2,1-2H3/t19-/m1/s1. The molecule has 0 N–H and O–H groups in total. The number of carbonyl (C=O) groups is 1. The Bertz CT molecular complexity index is 962. The molecule has 1 saturated heterocycles. The van der Waals surface area contributed by atoms with E-state index in [1.807, 2.05) is 59.0 Å². The fourth-order valence-electron chi connectivity index (χ4n) is 3.76. The van der Waals surface area contributed by atoms with E-state index in [4.69, 9.17) is 9.47 Å². The van der Waals surface area contributed by atoms with Crippen molar-refractivity contribution in [3.63, 3.8) is 0 Å². The van der Waals surface area contributed by atoms with Gasteiger partial charge in [-0.15, -0.1) is 0 Å². The van der Waals surface area contributed by atoms with E-state index in [0.29, 0.717) is 18.8 Å². The molecule has 146 valence electrons. The SMILES string of the molecule is COc1ccc2c(c1)cc(C(=O)N(Cc1ccccn1)C[C@H]1CCCO1)n2C. The fourth-order valence-corrected chi connectivity index (χ4v) is 3.76. The first kappa shape index (κ1) is 18.5. The monoisotopic (exact) mass is 379 g/mol. The Hall–Kier alpha value is -2.86. The molecule has 1 amide bonds. The molecule has 3 aromatic rings. The maximum absolute atomic E-state index is 13.5. The summed E-state index contributed by atoms with van der Waals surface area (Å²) in [6, 6.07) is 13.6. The smallest absolute Gasteiger partial charge is 0.270 e. The van der Waals surface area contributed by atoms with Gasteiger partial charge in [-0.05, 0) is 49.2 Å². The van der Waals surface area contributed by atoms with Gasteiger partial charge in [0.25, 0.3) is 5.91 Å². The predicted molar refractivity (Wildman–Crippen MR) is 107 cm³/mol. The van der Waals surface area contributed by atoms with Gasteiger partial charge in [0.1, 0.15) is 11.4 Å². The van der Waals surface area contributed by atoms with E-state index >= 15 is 0 Å². The van der Waals surface area contributed by atoms with Crippen LogP contribution < -0.4 is 4.74 Å². The first-order chi connectivity index (χ1) is 13.7. The number of hydrogen-bond acceptors (Lipinski definition) is 4. The molecule has 0 spiro atoms. The summed E-state index contributed by atoms with van der Waals surface area (Å²) in [6.07, 6.45) is 3.87. The Kier molecular flexibility index (Phi) is 5.30. The van der Waals surface area contributed by atoms with Crippen molar-refractivity contribution in [1.82, 2.24) is 14.5 Å². The molecular formula is C22H25N3O3. The molecule has 3 heterocycles. The highest BCUT2D eigenvalue weighted by Crippen LogP contribution is 2.25. The number of ether oxygens (including phenoxy) is 2. The summed E-state index contributed by atoms with van der Waals surface area (Å²) < 4.78 is 13.0. The zero-order valence-electron chi connectivity index (χ0n) is 16.3. The maximum atomic E-state index is 13.5. The summed E-state index contributed by atoms with van der Waals surface area (Å²) in [5, 5.41) is 0.986. The Morgan fingerprint density at radius 3 is 2.93 bits per heavy atom. The van der Waals surface area contributed by atoms with Crippen molar-refractivity contribution in [2.45, 2.75) is 25.5 Å². The summed E-state index contributed by atoms with van der Waals surface area (Å²) in [6.45, 7) is 1.80. The van der Waals surface area contributed by atoms with E-state index in [9.17, 15) is 4.79 Å². The van der Waals surface area contributed by atoms with Crippen LogP contribution >= 0.6 is 0 Å². The molecule has 2 aromatic heterocycles. The van der Waals surface area contributed by atoms with Gasteiger partial charge >= 0.3 is 0 Å². The minimum Gasteiger partial charge on any atom is -0.497 e. The van der Waals surface area contributed by atoms with E-state index in [-0.39, 0.29) is 12.0 Å². The van der Waals surface area contributed by atoms with Crippen molar-refractivity contribution in [2.24, 2.45) is 7.05 Å². The second kappa shape index (κ2) is 8.02. The van der Waals surface area contributed by atoms with E-state index in [1.54, 1.807) is 13.3 Å². The van der Waals surface area contributed by atoms with Crippen LogP contribution in [0.4, 0.5) is 0 Å². The molecule has 1 fully saturated rings. The van der Waals surface area contributed by atoms with Gasteiger partial charge in [0.2, 0.25) is 0 Å². The van der Waals surface area contributed by atoms with Crippen LogP contribution in [0.15, 0.2) is 48.7 Å². The Balaban J connectivity index is 1.65. The van der Waals surface area contributed by atoms with Crippen molar-refractivity contribution in [3.05, 3.63) is 60.0 Å². The van der Waals surface area contributed by atoms with Gasteiger partial charge in [-0.25, -0.2) is 0 Å².